The number of carbonyl (C=O) groups excluding carboxylic acids is 1. The summed E-state index contributed by atoms with van der Waals surface area (Å²) in [4.78, 5) is 32.3. The molecule has 1 aromatic heterocycles. The molecular formula is C26H33N3O4. The lowest BCUT2D eigenvalue weighted by Gasteiger charge is -2.31. The lowest BCUT2D eigenvalue weighted by atomic mass is 10.1. The lowest BCUT2D eigenvalue weighted by molar-refractivity contribution is -0.131. The van der Waals surface area contributed by atoms with Gasteiger partial charge in [0.25, 0.3) is 0 Å². The van der Waals surface area contributed by atoms with Crippen molar-refractivity contribution in [3.05, 3.63) is 65.9 Å². The predicted octanol–water partition coefficient (Wildman–Crippen LogP) is 4.63. The van der Waals surface area contributed by atoms with Gasteiger partial charge in [0.1, 0.15) is 11.4 Å². The zero-order valence-corrected chi connectivity index (χ0v) is 19.6. The molecule has 33 heavy (non-hydrogen) atoms. The van der Waals surface area contributed by atoms with Crippen molar-refractivity contribution in [2.75, 3.05) is 24.5 Å². The highest BCUT2D eigenvalue weighted by atomic mass is 16.6. The molecule has 1 saturated heterocycles. The van der Waals surface area contributed by atoms with E-state index in [1.165, 1.54) is 11.6 Å². The van der Waals surface area contributed by atoms with E-state index >= 15 is 0 Å². The van der Waals surface area contributed by atoms with Crippen molar-refractivity contribution in [2.45, 2.75) is 51.7 Å². The van der Waals surface area contributed by atoms with Gasteiger partial charge in [-0.15, -0.1) is 0 Å². The molecule has 0 aliphatic carbocycles. The van der Waals surface area contributed by atoms with Gasteiger partial charge in [-0.1, -0.05) is 30.3 Å². The molecule has 0 radical (unpaired) electrons. The average Bonchev–Trinajstić information content (AvgIpc) is 3.21. The van der Waals surface area contributed by atoms with Gasteiger partial charge in [-0.25, -0.2) is 14.6 Å². The van der Waals surface area contributed by atoms with Gasteiger partial charge in [0.2, 0.25) is 0 Å². The minimum atomic E-state index is -1.02. The minimum absolute atomic E-state index is 0.0375. The first kappa shape index (κ1) is 24.5. The number of carbonyl (C=O) groups is 2. The fourth-order valence-electron chi connectivity index (χ4n) is 3.92. The monoisotopic (exact) mass is 451 g/mol. The Morgan fingerprint density at radius 2 is 1.97 bits per heavy atom. The number of likely N-dealkylation sites (tertiary alicyclic amines) is 1. The molecule has 7 heteroatoms. The highest BCUT2D eigenvalue weighted by molar-refractivity contribution is 5.88. The minimum Gasteiger partial charge on any atom is -0.478 e. The molecule has 0 spiro atoms. The predicted molar refractivity (Wildman–Crippen MR) is 129 cm³/mol. The third-order valence-corrected chi connectivity index (χ3v) is 5.42. The Morgan fingerprint density at radius 1 is 1.21 bits per heavy atom. The van der Waals surface area contributed by atoms with E-state index in [1.807, 2.05) is 26.8 Å². The van der Waals surface area contributed by atoms with Crippen LogP contribution in [0.3, 0.4) is 0 Å². The second-order valence-corrected chi connectivity index (χ2v) is 9.30. The standard InChI is InChI=1S/C26H33N3O4/c1-26(2,3)33-25(32)29(23-13-11-21(18-27-23)12-14-24(30)31)22-15-17-28(19-22)16-7-10-20-8-5-4-6-9-20/h4-6,8-9,11-14,18,22H,7,10,15-17,19H2,1-3H3,(H,30,31)/t22-/m1/s1. The lowest BCUT2D eigenvalue weighted by Crippen LogP contribution is -2.45. The quantitative estimate of drug-likeness (QED) is 0.590. The number of aromatic nitrogens is 1. The van der Waals surface area contributed by atoms with E-state index in [2.05, 4.69) is 34.1 Å². The highest BCUT2D eigenvalue weighted by Gasteiger charge is 2.35. The molecule has 176 valence electrons. The smallest absolute Gasteiger partial charge is 0.416 e. The second kappa shape index (κ2) is 11.1. The summed E-state index contributed by atoms with van der Waals surface area (Å²) in [6, 6.07) is 13.9. The average molecular weight is 452 g/mol. The molecule has 1 N–H and O–H groups in total. The van der Waals surface area contributed by atoms with Gasteiger partial charge in [-0.05, 0) is 75.9 Å². The Labute approximate surface area is 195 Å². The first-order chi connectivity index (χ1) is 15.7. The molecule has 0 unspecified atom stereocenters. The Morgan fingerprint density at radius 3 is 2.61 bits per heavy atom. The summed E-state index contributed by atoms with van der Waals surface area (Å²) in [7, 11) is 0. The Kier molecular flexibility index (Phi) is 8.22. The van der Waals surface area contributed by atoms with Gasteiger partial charge in [0.15, 0.2) is 0 Å². The molecule has 1 aromatic carbocycles. The summed E-state index contributed by atoms with van der Waals surface area (Å²) in [5, 5.41) is 8.81. The van der Waals surface area contributed by atoms with Crippen molar-refractivity contribution >= 4 is 24.0 Å². The third-order valence-electron chi connectivity index (χ3n) is 5.42. The number of carboxylic acids is 1. The molecule has 2 heterocycles. The summed E-state index contributed by atoms with van der Waals surface area (Å²) in [5.41, 5.74) is 1.37. The van der Waals surface area contributed by atoms with Crippen LogP contribution >= 0.6 is 0 Å². The van der Waals surface area contributed by atoms with Crippen LogP contribution in [0.2, 0.25) is 0 Å². The molecule has 1 aliphatic heterocycles. The van der Waals surface area contributed by atoms with E-state index in [0.717, 1.165) is 45.0 Å². The van der Waals surface area contributed by atoms with Crippen molar-refractivity contribution < 1.29 is 19.4 Å². The van der Waals surface area contributed by atoms with Crippen molar-refractivity contribution in [1.82, 2.24) is 9.88 Å². The SMILES string of the molecule is CC(C)(C)OC(=O)N(c1ccc(C=CC(=O)O)cn1)[C@@H]1CCN(CCCc2ccccc2)C1. The van der Waals surface area contributed by atoms with Crippen LogP contribution in [-0.2, 0) is 16.0 Å². The van der Waals surface area contributed by atoms with Crippen LogP contribution in [0, 0.1) is 0 Å². The fourth-order valence-corrected chi connectivity index (χ4v) is 3.92. The van der Waals surface area contributed by atoms with Crippen LogP contribution in [0.4, 0.5) is 10.6 Å². The molecular weight excluding hydrogens is 418 g/mol. The molecule has 0 bridgehead atoms. The van der Waals surface area contributed by atoms with Gasteiger partial charge in [-0.2, -0.15) is 0 Å². The fraction of sp³-hybridized carbons (Fsp3) is 0.423. The molecule has 1 fully saturated rings. The molecule has 3 rings (SSSR count). The summed E-state index contributed by atoms with van der Waals surface area (Å²) in [6.07, 6.45) is 6.62. The number of nitrogens with zero attached hydrogens (tertiary/aromatic N) is 3. The van der Waals surface area contributed by atoms with E-state index in [1.54, 1.807) is 23.2 Å². The number of carboxylic acid groups (broad SMARTS) is 1. The number of amides is 1. The second-order valence-electron chi connectivity index (χ2n) is 9.30. The van der Waals surface area contributed by atoms with Gasteiger partial charge in [-0.3, -0.25) is 4.90 Å². The van der Waals surface area contributed by atoms with Crippen molar-refractivity contribution in [3.63, 3.8) is 0 Å². The zero-order chi connectivity index (χ0) is 23.8. The maximum atomic E-state index is 13.1. The molecule has 7 nitrogen and oxygen atoms in total. The maximum absolute atomic E-state index is 13.1. The van der Waals surface area contributed by atoms with E-state index in [0.29, 0.717) is 11.4 Å². The van der Waals surface area contributed by atoms with Gasteiger partial charge in [0.05, 0.1) is 6.04 Å². The summed E-state index contributed by atoms with van der Waals surface area (Å²) < 4.78 is 5.69. The van der Waals surface area contributed by atoms with Crippen LogP contribution in [0.5, 0.6) is 0 Å². The topological polar surface area (TPSA) is 83.0 Å². The third kappa shape index (κ3) is 7.71. The first-order valence-electron chi connectivity index (χ1n) is 11.4. The molecule has 1 aliphatic rings. The van der Waals surface area contributed by atoms with Gasteiger partial charge < -0.3 is 14.7 Å². The van der Waals surface area contributed by atoms with Crippen molar-refractivity contribution in [3.8, 4) is 0 Å². The van der Waals surface area contributed by atoms with Gasteiger partial charge >= 0.3 is 12.1 Å². The molecule has 0 saturated carbocycles. The number of pyridine rings is 1. The number of rotatable bonds is 8. The summed E-state index contributed by atoms with van der Waals surface area (Å²) in [6.45, 7) is 8.19. The number of aryl methyl sites for hydroxylation is 1. The van der Waals surface area contributed by atoms with Crippen LogP contribution in [0.25, 0.3) is 6.08 Å². The molecule has 1 amide bonds. The van der Waals surface area contributed by atoms with E-state index in [4.69, 9.17) is 9.84 Å². The molecule has 1 atom stereocenters. The Balaban J connectivity index is 1.68. The summed E-state index contributed by atoms with van der Waals surface area (Å²) in [5.74, 6) is -0.513. The van der Waals surface area contributed by atoms with E-state index in [9.17, 15) is 9.59 Å². The van der Waals surface area contributed by atoms with Crippen LogP contribution < -0.4 is 4.90 Å². The number of hydrogen-bond acceptors (Lipinski definition) is 5. The number of aliphatic carboxylic acids is 1. The van der Waals surface area contributed by atoms with Crippen LogP contribution in [-0.4, -0.2) is 58.3 Å². The normalized spacial score (nSPS) is 16.8. The maximum Gasteiger partial charge on any atom is 0.416 e. The van der Waals surface area contributed by atoms with Crippen molar-refractivity contribution in [1.29, 1.82) is 0 Å². The number of hydrogen-bond donors (Lipinski definition) is 1. The largest absolute Gasteiger partial charge is 0.478 e. The van der Waals surface area contributed by atoms with E-state index < -0.39 is 17.7 Å². The highest BCUT2D eigenvalue weighted by Crippen LogP contribution is 2.25. The Hall–Kier alpha value is -3.19. The first-order valence-corrected chi connectivity index (χ1v) is 11.4. The zero-order valence-electron chi connectivity index (χ0n) is 19.6. The summed E-state index contributed by atoms with van der Waals surface area (Å²) >= 11 is 0. The Bertz CT molecular complexity index is 952. The van der Waals surface area contributed by atoms with Crippen molar-refractivity contribution in [2.24, 2.45) is 0 Å². The van der Waals surface area contributed by atoms with Gasteiger partial charge in [0, 0.05) is 25.4 Å². The van der Waals surface area contributed by atoms with E-state index in [-0.39, 0.29) is 6.04 Å². The molecule has 2 aromatic rings. The van der Waals surface area contributed by atoms with Crippen LogP contribution in [0.1, 0.15) is 44.7 Å². The number of benzene rings is 1. The number of anilines is 1. The van der Waals surface area contributed by atoms with Crippen LogP contribution in [0.15, 0.2) is 54.7 Å². The number of ether oxygens (including phenoxy) is 1.